The zero-order valence-corrected chi connectivity index (χ0v) is 11.7. The van der Waals surface area contributed by atoms with Gasteiger partial charge in [0.1, 0.15) is 0 Å². The Balaban J connectivity index is 2.46. The van der Waals surface area contributed by atoms with Crippen LogP contribution in [-0.4, -0.2) is 20.9 Å². The summed E-state index contributed by atoms with van der Waals surface area (Å²) in [6.45, 7) is 4.06. The van der Waals surface area contributed by atoms with Crippen molar-refractivity contribution in [3.8, 4) is 5.69 Å². The van der Waals surface area contributed by atoms with Crippen LogP contribution in [0.4, 0.5) is 0 Å². The third-order valence-electron chi connectivity index (χ3n) is 2.88. The number of carbonyl (C=O) groups is 1. The van der Waals surface area contributed by atoms with Gasteiger partial charge < -0.3 is 5.11 Å². The molecule has 0 unspecified atom stereocenters. The number of hydrogen-bond acceptors (Lipinski definition) is 2. The van der Waals surface area contributed by atoms with Gasteiger partial charge >= 0.3 is 5.97 Å². The summed E-state index contributed by atoms with van der Waals surface area (Å²) in [5.74, 6) is -0.887. The molecular formula is C13H13BrN2O2. The average Bonchev–Trinajstić information content (AvgIpc) is 2.63. The summed E-state index contributed by atoms with van der Waals surface area (Å²) in [7, 11) is 0. The van der Waals surface area contributed by atoms with E-state index in [-0.39, 0.29) is 6.42 Å². The van der Waals surface area contributed by atoms with Crippen molar-refractivity contribution in [3.05, 3.63) is 45.7 Å². The normalized spacial score (nSPS) is 10.6. The Morgan fingerprint density at radius 2 is 2.17 bits per heavy atom. The van der Waals surface area contributed by atoms with Gasteiger partial charge in [0, 0.05) is 6.20 Å². The minimum Gasteiger partial charge on any atom is -0.481 e. The maximum atomic E-state index is 10.7. The molecule has 0 radical (unpaired) electrons. The van der Waals surface area contributed by atoms with Crippen molar-refractivity contribution >= 4 is 21.9 Å². The molecule has 5 heteroatoms. The van der Waals surface area contributed by atoms with E-state index in [2.05, 4.69) is 21.0 Å². The zero-order valence-electron chi connectivity index (χ0n) is 10.1. The summed E-state index contributed by atoms with van der Waals surface area (Å²) in [5, 5.41) is 13.1. The van der Waals surface area contributed by atoms with Crippen molar-refractivity contribution in [3.63, 3.8) is 0 Å². The van der Waals surface area contributed by atoms with E-state index in [1.165, 1.54) is 5.56 Å². The molecule has 94 valence electrons. The van der Waals surface area contributed by atoms with E-state index in [0.29, 0.717) is 10.2 Å². The van der Waals surface area contributed by atoms with Gasteiger partial charge in [-0.15, -0.1) is 0 Å². The minimum atomic E-state index is -0.887. The SMILES string of the molecule is Cc1cccc(-n2cc(Br)c(CC(=O)O)n2)c1C. The van der Waals surface area contributed by atoms with Gasteiger partial charge in [-0.3, -0.25) is 4.79 Å². The van der Waals surface area contributed by atoms with Crippen molar-refractivity contribution in [1.82, 2.24) is 9.78 Å². The summed E-state index contributed by atoms with van der Waals surface area (Å²) >= 11 is 3.34. The van der Waals surface area contributed by atoms with Crippen LogP contribution in [0.1, 0.15) is 16.8 Å². The minimum absolute atomic E-state index is 0.0849. The van der Waals surface area contributed by atoms with Gasteiger partial charge in [0.25, 0.3) is 0 Å². The fourth-order valence-corrected chi connectivity index (χ4v) is 2.17. The lowest BCUT2D eigenvalue weighted by molar-refractivity contribution is -0.136. The predicted molar refractivity (Wildman–Crippen MR) is 72.1 cm³/mol. The molecule has 0 aliphatic heterocycles. The molecule has 1 N–H and O–H groups in total. The number of nitrogens with zero attached hydrogens (tertiary/aromatic N) is 2. The summed E-state index contributed by atoms with van der Waals surface area (Å²) in [5.41, 5.74) is 3.81. The molecule has 18 heavy (non-hydrogen) atoms. The molecule has 0 spiro atoms. The predicted octanol–water partition coefficient (Wildman–Crippen LogP) is 2.88. The number of aliphatic carboxylic acids is 1. The highest BCUT2D eigenvalue weighted by Crippen LogP contribution is 2.22. The van der Waals surface area contributed by atoms with Gasteiger partial charge in [-0.2, -0.15) is 5.10 Å². The molecule has 0 bridgehead atoms. The van der Waals surface area contributed by atoms with Crippen LogP contribution in [0.2, 0.25) is 0 Å². The second kappa shape index (κ2) is 4.94. The van der Waals surface area contributed by atoms with Crippen LogP contribution in [0, 0.1) is 13.8 Å². The summed E-state index contributed by atoms with van der Waals surface area (Å²) in [6, 6.07) is 5.96. The lowest BCUT2D eigenvalue weighted by Gasteiger charge is -2.07. The van der Waals surface area contributed by atoms with E-state index in [1.54, 1.807) is 10.9 Å². The van der Waals surface area contributed by atoms with E-state index in [9.17, 15) is 4.79 Å². The first-order valence-corrected chi connectivity index (χ1v) is 6.30. The van der Waals surface area contributed by atoms with Gasteiger partial charge in [0.2, 0.25) is 0 Å². The highest BCUT2D eigenvalue weighted by atomic mass is 79.9. The first-order valence-electron chi connectivity index (χ1n) is 5.51. The average molecular weight is 309 g/mol. The number of carboxylic acids is 1. The van der Waals surface area contributed by atoms with Gasteiger partial charge in [0.15, 0.2) is 0 Å². The van der Waals surface area contributed by atoms with Crippen molar-refractivity contribution in [2.75, 3.05) is 0 Å². The smallest absolute Gasteiger partial charge is 0.309 e. The third kappa shape index (κ3) is 2.46. The molecule has 4 nitrogen and oxygen atoms in total. The maximum Gasteiger partial charge on any atom is 0.309 e. The number of hydrogen-bond donors (Lipinski definition) is 1. The van der Waals surface area contributed by atoms with Crippen molar-refractivity contribution in [2.45, 2.75) is 20.3 Å². The number of benzene rings is 1. The molecule has 1 aromatic heterocycles. The summed E-state index contributed by atoms with van der Waals surface area (Å²) in [4.78, 5) is 10.7. The quantitative estimate of drug-likeness (QED) is 0.948. The topological polar surface area (TPSA) is 55.1 Å². The van der Waals surface area contributed by atoms with Gasteiger partial charge in [-0.1, -0.05) is 12.1 Å². The largest absolute Gasteiger partial charge is 0.481 e. The highest BCUT2D eigenvalue weighted by molar-refractivity contribution is 9.10. The Hall–Kier alpha value is -1.62. The number of carboxylic acid groups (broad SMARTS) is 1. The van der Waals surface area contributed by atoms with Crippen LogP contribution in [-0.2, 0) is 11.2 Å². The van der Waals surface area contributed by atoms with Gasteiger partial charge in [-0.25, -0.2) is 4.68 Å². The molecule has 0 aliphatic carbocycles. The molecule has 0 saturated carbocycles. The van der Waals surface area contributed by atoms with E-state index < -0.39 is 5.97 Å². The highest BCUT2D eigenvalue weighted by Gasteiger charge is 2.12. The summed E-state index contributed by atoms with van der Waals surface area (Å²) < 4.78 is 2.43. The first kappa shape index (κ1) is 12.8. The fraction of sp³-hybridized carbons (Fsp3) is 0.231. The molecule has 0 saturated heterocycles. The number of halogens is 1. The molecule has 2 rings (SSSR count). The van der Waals surface area contributed by atoms with Gasteiger partial charge in [0.05, 0.1) is 22.3 Å². The Morgan fingerprint density at radius 3 is 2.83 bits per heavy atom. The van der Waals surface area contributed by atoms with Crippen molar-refractivity contribution in [2.24, 2.45) is 0 Å². The lowest BCUT2D eigenvalue weighted by atomic mass is 10.1. The molecule has 1 heterocycles. The third-order valence-corrected chi connectivity index (χ3v) is 3.54. The molecule has 2 aromatic rings. The fourth-order valence-electron chi connectivity index (χ4n) is 1.76. The van der Waals surface area contributed by atoms with Gasteiger partial charge in [-0.05, 0) is 47.0 Å². The second-order valence-corrected chi connectivity index (χ2v) is 5.01. The zero-order chi connectivity index (χ0) is 13.3. The van der Waals surface area contributed by atoms with Crippen LogP contribution < -0.4 is 0 Å². The molecular weight excluding hydrogens is 296 g/mol. The molecule has 0 amide bonds. The van der Waals surface area contributed by atoms with Crippen LogP contribution >= 0.6 is 15.9 Å². The van der Waals surface area contributed by atoms with Crippen LogP contribution in [0.25, 0.3) is 5.69 Å². The molecule has 0 aliphatic rings. The molecule has 0 atom stereocenters. The van der Waals surface area contributed by atoms with E-state index in [0.717, 1.165) is 11.3 Å². The first-order chi connectivity index (χ1) is 8.49. The Bertz CT molecular complexity index is 605. The van der Waals surface area contributed by atoms with Crippen molar-refractivity contribution < 1.29 is 9.90 Å². The van der Waals surface area contributed by atoms with Crippen LogP contribution in [0.3, 0.4) is 0 Å². The number of rotatable bonds is 3. The Kier molecular flexibility index (Phi) is 3.52. The van der Waals surface area contributed by atoms with Crippen molar-refractivity contribution in [1.29, 1.82) is 0 Å². The lowest BCUT2D eigenvalue weighted by Crippen LogP contribution is -2.04. The van der Waals surface area contributed by atoms with E-state index in [4.69, 9.17) is 5.11 Å². The molecule has 1 aromatic carbocycles. The van der Waals surface area contributed by atoms with Crippen LogP contribution in [0.15, 0.2) is 28.9 Å². The van der Waals surface area contributed by atoms with Crippen LogP contribution in [0.5, 0.6) is 0 Å². The maximum absolute atomic E-state index is 10.7. The Labute approximate surface area is 113 Å². The summed E-state index contributed by atoms with van der Waals surface area (Å²) in [6.07, 6.45) is 1.71. The number of aryl methyl sites for hydroxylation is 1. The standard InChI is InChI=1S/C13H13BrN2O2/c1-8-4-3-5-12(9(8)2)16-7-10(14)11(15-16)6-13(17)18/h3-5,7H,6H2,1-2H3,(H,17,18). The Morgan fingerprint density at radius 1 is 1.44 bits per heavy atom. The molecule has 0 fully saturated rings. The van der Waals surface area contributed by atoms with E-state index >= 15 is 0 Å². The van der Waals surface area contributed by atoms with E-state index in [1.807, 2.05) is 32.0 Å². The number of aromatic nitrogens is 2. The monoisotopic (exact) mass is 308 g/mol. The second-order valence-electron chi connectivity index (χ2n) is 4.16.